The second-order valence-electron chi connectivity index (χ2n) is 10.6. The monoisotopic (exact) mass is 634 g/mol. The molecule has 0 heterocycles. The summed E-state index contributed by atoms with van der Waals surface area (Å²) in [6.07, 6.45) is 4.70. The molecular weight excluding hydrogens is 576 g/mol. The van der Waals surface area contributed by atoms with Crippen LogP contribution in [0.2, 0.25) is 0 Å². The molecule has 0 rings (SSSR count). The lowest BCUT2D eigenvalue weighted by atomic mass is 10.2. The van der Waals surface area contributed by atoms with E-state index in [-0.39, 0.29) is 45.9 Å². The van der Waals surface area contributed by atoms with Crippen LogP contribution in [0.4, 0.5) is 0 Å². The van der Waals surface area contributed by atoms with E-state index < -0.39 is 41.9 Å². The molecule has 3 unspecified atom stereocenters. The maximum atomic E-state index is 11.7. The van der Waals surface area contributed by atoms with Gasteiger partial charge in [-0.05, 0) is 58.1 Å². The summed E-state index contributed by atoms with van der Waals surface area (Å²) < 4.78 is 21.2. The molecule has 13 nitrogen and oxygen atoms in total. The van der Waals surface area contributed by atoms with Gasteiger partial charge in [-0.15, -0.1) is 0 Å². The van der Waals surface area contributed by atoms with Crippen LogP contribution in [0, 0.1) is 0 Å². The van der Waals surface area contributed by atoms with Crippen molar-refractivity contribution in [2.75, 3.05) is 72.4 Å². The van der Waals surface area contributed by atoms with Crippen molar-refractivity contribution in [3.63, 3.8) is 0 Å². The quantitative estimate of drug-likeness (QED) is 0.0279. The zero-order valence-electron chi connectivity index (χ0n) is 27.2. The number of esters is 2. The number of carbonyl (C=O) groups excluding carboxylic acids is 2. The standard InChI is InChI=1S/C31H58N2O11/c1-5-9-17-41-23-25(34)21-32(14-11-19-43-30(39)27(36)7-3)16-13-29(38)33(22-26(35)24-42-18-10-6-2)15-12-20-44-31(40)28(37)8-4/h7-8,25-26,29,34-38H,5-6,9-24H2,1-4H3. The lowest BCUT2D eigenvalue weighted by Gasteiger charge is -2.32. The summed E-state index contributed by atoms with van der Waals surface area (Å²) in [5.41, 5.74) is 0. The molecule has 0 bridgehead atoms. The minimum absolute atomic E-state index is 0.0148. The van der Waals surface area contributed by atoms with Gasteiger partial charge < -0.3 is 49.4 Å². The molecule has 0 aliphatic rings. The van der Waals surface area contributed by atoms with Gasteiger partial charge in [0.15, 0.2) is 11.5 Å². The van der Waals surface area contributed by atoms with E-state index in [0.717, 1.165) is 25.7 Å². The average Bonchev–Trinajstić information content (AvgIpc) is 3.02. The summed E-state index contributed by atoms with van der Waals surface area (Å²) in [7, 11) is 0. The van der Waals surface area contributed by atoms with Crippen LogP contribution in [-0.4, -0.2) is 138 Å². The molecule has 0 aromatic carbocycles. The Balaban J connectivity index is 5.23. The molecule has 0 saturated heterocycles. The maximum Gasteiger partial charge on any atom is 0.373 e. The molecule has 0 saturated carbocycles. The van der Waals surface area contributed by atoms with Gasteiger partial charge in [-0.2, -0.15) is 0 Å². The van der Waals surface area contributed by atoms with E-state index in [1.165, 1.54) is 26.0 Å². The Morgan fingerprint density at radius 2 is 1.16 bits per heavy atom. The maximum absolute atomic E-state index is 11.7. The zero-order chi connectivity index (χ0) is 33.2. The number of aliphatic hydroxyl groups excluding tert-OH is 5. The van der Waals surface area contributed by atoms with Crippen LogP contribution in [0.15, 0.2) is 23.7 Å². The minimum Gasteiger partial charge on any atom is -0.502 e. The van der Waals surface area contributed by atoms with Gasteiger partial charge in [0.25, 0.3) is 0 Å². The van der Waals surface area contributed by atoms with Crippen molar-refractivity contribution in [1.29, 1.82) is 0 Å². The highest BCUT2D eigenvalue weighted by atomic mass is 16.5. The highest BCUT2D eigenvalue weighted by Gasteiger charge is 2.22. The largest absolute Gasteiger partial charge is 0.502 e. The number of ether oxygens (including phenoxy) is 4. The summed E-state index contributed by atoms with van der Waals surface area (Å²) in [6, 6.07) is 0. The van der Waals surface area contributed by atoms with Gasteiger partial charge >= 0.3 is 11.9 Å². The van der Waals surface area contributed by atoms with E-state index >= 15 is 0 Å². The highest BCUT2D eigenvalue weighted by Crippen LogP contribution is 2.09. The molecule has 258 valence electrons. The molecule has 0 amide bonds. The van der Waals surface area contributed by atoms with E-state index in [2.05, 4.69) is 6.92 Å². The first-order valence-corrected chi connectivity index (χ1v) is 15.8. The highest BCUT2D eigenvalue weighted by molar-refractivity contribution is 5.85. The number of allylic oxidation sites excluding steroid dienone is 2. The van der Waals surface area contributed by atoms with Crippen molar-refractivity contribution >= 4 is 11.9 Å². The molecule has 0 aliphatic heterocycles. The first-order chi connectivity index (χ1) is 21.1. The Morgan fingerprint density at radius 1 is 0.682 bits per heavy atom. The van der Waals surface area contributed by atoms with Crippen molar-refractivity contribution in [3.8, 4) is 0 Å². The molecule has 13 heteroatoms. The molecule has 0 aromatic heterocycles. The van der Waals surface area contributed by atoms with Crippen LogP contribution in [0.3, 0.4) is 0 Å². The number of carbonyl (C=O) groups is 2. The fourth-order valence-corrected chi connectivity index (χ4v) is 4.01. The molecule has 44 heavy (non-hydrogen) atoms. The normalized spacial score (nSPS) is 14.6. The number of rotatable bonds is 28. The van der Waals surface area contributed by atoms with Gasteiger partial charge in [0, 0.05) is 45.9 Å². The fourth-order valence-electron chi connectivity index (χ4n) is 4.01. The third-order valence-corrected chi connectivity index (χ3v) is 6.58. The van der Waals surface area contributed by atoms with Crippen molar-refractivity contribution in [1.82, 2.24) is 9.80 Å². The van der Waals surface area contributed by atoms with Crippen LogP contribution in [0.25, 0.3) is 0 Å². The predicted molar refractivity (Wildman–Crippen MR) is 166 cm³/mol. The Hall–Kier alpha value is -2.26. The molecule has 3 atom stereocenters. The minimum atomic E-state index is -0.968. The second-order valence-corrected chi connectivity index (χ2v) is 10.6. The van der Waals surface area contributed by atoms with Gasteiger partial charge in [0.1, 0.15) is 6.23 Å². The third-order valence-electron chi connectivity index (χ3n) is 6.58. The fraction of sp³-hybridized carbons (Fsp3) is 0.806. The topological polar surface area (TPSA) is 179 Å². The predicted octanol–water partition coefficient (Wildman–Crippen LogP) is 2.44. The number of aliphatic hydroxyl groups is 5. The molecule has 0 aromatic rings. The molecule has 0 fully saturated rings. The van der Waals surface area contributed by atoms with E-state index in [9.17, 15) is 35.1 Å². The molecule has 0 radical (unpaired) electrons. The molecule has 0 aliphatic carbocycles. The number of hydrogen-bond acceptors (Lipinski definition) is 13. The van der Waals surface area contributed by atoms with Crippen LogP contribution >= 0.6 is 0 Å². The van der Waals surface area contributed by atoms with Gasteiger partial charge in [-0.3, -0.25) is 4.90 Å². The average molecular weight is 635 g/mol. The first-order valence-electron chi connectivity index (χ1n) is 15.8. The molecule has 5 N–H and O–H groups in total. The van der Waals surface area contributed by atoms with Crippen LogP contribution in [0.1, 0.15) is 72.6 Å². The number of nitrogens with zero attached hydrogens (tertiary/aromatic N) is 2. The summed E-state index contributed by atoms with van der Waals surface area (Å²) in [5, 5.41) is 51.2. The summed E-state index contributed by atoms with van der Waals surface area (Å²) in [4.78, 5) is 27.1. The zero-order valence-corrected chi connectivity index (χ0v) is 27.2. The summed E-state index contributed by atoms with van der Waals surface area (Å²) in [5.74, 6) is -2.58. The summed E-state index contributed by atoms with van der Waals surface area (Å²) in [6.45, 7) is 10.1. The Labute approximate surface area is 263 Å². The SMILES string of the molecule is CC=C(O)C(=O)OCCCN(CCC(O)N(CCCOC(=O)C(O)=CC)CC(O)COCCCC)CC(O)COCCCC. The van der Waals surface area contributed by atoms with Crippen molar-refractivity contribution < 1.29 is 54.1 Å². The Morgan fingerprint density at radius 3 is 1.64 bits per heavy atom. The Kier molecular flexibility index (Phi) is 25.7. The Bertz CT molecular complexity index is 809. The van der Waals surface area contributed by atoms with E-state index in [4.69, 9.17) is 18.9 Å². The smallest absolute Gasteiger partial charge is 0.373 e. The van der Waals surface area contributed by atoms with E-state index in [1.54, 1.807) is 4.90 Å². The van der Waals surface area contributed by atoms with Gasteiger partial charge in [0.05, 0.1) is 38.6 Å². The van der Waals surface area contributed by atoms with Gasteiger partial charge in [0.2, 0.25) is 0 Å². The van der Waals surface area contributed by atoms with Gasteiger partial charge in [-0.25, -0.2) is 9.59 Å². The van der Waals surface area contributed by atoms with E-state index in [0.29, 0.717) is 45.7 Å². The van der Waals surface area contributed by atoms with Crippen LogP contribution in [0.5, 0.6) is 0 Å². The molecular formula is C31H58N2O11. The van der Waals surface area contributed by atoms with Crippen molar-refractivity contribution in [3.05, 3.63) is 23.7 Å². The van der Waals surface area contributed by atoms with Crippen LogP contribution < -0.4 is 0 Å². The van der Waals surface area contributed by atoms with E-state index in [1.807, 2.05) is 11.8 Å². The lowest BCUT2D eigenvalue weighted by molar-refractivity contribution is -0.143. The third kappa shape index (κ3) is 21.4. The second kappa shape index (κ2) is 27.1. The number of unbranched alkanes of at least 4 members (excludes halogenated alkanes) is 2. The molecule has 0 spiro atoms. The lowest BCUT2D eigenvalue weighted by Crippen LogP contribution is -2.45. The first kappa shape index (κ1) is 41.7. The van der Waals surface area contributed by atoms with Crippen LogP contribution in [-0.2, 0) is 28.5 Å². The summed E-state index contributed by atoms with van der Waals surface area (Å²) >= 11 is 0. The number of hydrogen-bond donors (Lipinski definition) is 5. The van der Waals surface area contributed by atoms with Crippen molar-refractivity contribution in [2.45, 2.75) is 91.1 Å². The van der Waals surface area contributed by atoms with Gasteiger partial charge in [-0.1, -0.05) is 26.7 Å². The van der Waals surface area contributed by atoms with Crippen molar-refractivity contribution in [2.24, 2.45) is 0 Å².